The van der Waals surface area contributed by atoms with Crippen molar-refractivity contribution in [2.24, 2.45) is 5.73 Å². The van der Waals surface area contributed by atoms with E-state index < -0.39 is 11.9 Å². The number of primary amides is 1. The van der Waals surface area contributed by atoms with Crippen LogP contribution in [0, 0.1) is 0 Å². The van der Waals surface area contributed by atoms with Gasteiger partial charge in [-0.2, -0.15) is 0 Å². The van der Waals surface area contributed by atoms with Gasteiger partial charge < -0.3 is 25.6 Å². The number of hydrogen-bond donors (Lipinski definition) is 3. The van der Waals surface area contributed by atoms with Gasteiger partial charge in [0.2, 0.25) is 5.91 Å². The van der Waals surface area contributed by atoms with Gasteiger partial charge in [-0.25, -0.2) is 0 Å². The molecule has 0 saturated heterocycles. The number of aliphatic hydroxyl groups excluding tert-OH is 1. The number of carbonyl (C=O) groups excluding carboxylic acids is 1. The molecule has 4 N–H and O–H groups in total. The van der Waals surface area contributed by atoms with Crippen LogP contribution in [-0.4, -0.2) is 37.8 Å². The molecule has 1 aromatic rings. The van der Waals surface area contributed by atoms with Gasteiger partial charge in [0.05, 0.1) is 26.4 Å². The van der Waals surface area contributed by atoms with Crippen molar-refractivity contribution < 1.29 is 19.4 Å². The van der Waals surface area contributed by atoms with Crippen molar-refractivity contribution in [3.05, 3.63) is 23.8 Å². The maximum atomic E-state index is 11.0. The largest absolute Gasteiger partial charge is 0.493 e. The minimum atomic E-state index is -0.414. The fraction of sp³-hybridized carbons (Fsp3) is 0.462. The maximum Gasteiger partial charge on any atom is 0.234 e. The van der Waals surface area contributed by atoms with E-state index in [1.807, 2.05) is 0 Å². The highest BCUT2D eigenvalue weighted by molar-refractivity contribution is 5.79. The van der Waals surface area contributed by atoms with Crippen molar-refractivity contribution in [2.75, 3.05) is 20.8 Å². The molecule has 0 aromatic heterocycles. The summed E-state index contributed by atoms with van der Waals surface area (Å²) in [4.78, 5) is 11.0. The molecule has 106 valence electrons. The van der Waals surface area contributed by atoms with Gasteiger partial charge in [-0.15, -0.1) is 0 Å². The Labute approximate surface area is 112 Å². The van der Waals surface area contributed by atoms with Gasteiger partial charge >= 0.3 is 0 Å². The third-order valence-electron chi connectivity index (χ3n) is 2.77. The molecule has 19 heavy (non-hydrogen) atoms. The zero-order valence-corrected chi connectivity index (χ0v) is 11.2. The summed E-state index contributed by atoms with van der Waals surface area (Å²) >= 11 is 0. The van der Waals surface area contributed by atoms with Crippen LogP contribution < -0.4 is 20.5 Å². The second-order valence-corrected chi connectivity index (χ2v) is 4.02. The van der Waals surface area contributed by atoms with Crippen LogP contribution in [0.5, 0.6) is 11.5 Å². The van der Waals surface area contributed by atoms with E-state index in [0.29, 0.717) is 24.5 Å². The predicted octanol–water partition coefficient (Wildman–Crippen LogP) is 0.0297. The van der Waals surface area contributed by atoms with Gasteiger partial charge in [-0.3, -0.25) is 4.79 Å². The average molecular weight is 268 g/mol. The molecule has 0 bridgehead atoms. The molecule has 0 radical (unpaired) electrons. The number of ether oxygens (including phenoxy) is 2. The van der Waals surface area contributed by atoms with Crippen molar-refractivity contribution in [2.45, 2.75) is 19.1 Å². The van der Waals surface area contributed by atoms with E-state index in [9.17, 15) is 4.79 Å². The lowest BCUT2D eigenvalue weighted by atomic mass is 10.2. The molecule has 1 rings (SSSR count). The lowest BCUT2D eigenvalue weighted by molar-refractivity contribution is -0.120. The van der Waals surface area contributed by atoms with E-state index in [0.717, 1.165) is 5.56 Å². The highest BCUT2D eigenvalue weighted by Crippen LogP contribution is 2.28. The minimum absolute atomic E-state index is 0.0554. The zero-order chi connectivity index (χ0) is 14.3. The number of aliphatic hydroxyl groups is 1. The van der Waals surface area contributed by atoms with Gasteiger partial charge in [0.15, 0.2) is 11.5 Å². The Bertz CT molecular complexity index is 423. The minimum Gasteiger partial charge on any atom is -0.493 e. The average Bonchev–Trinajstić information content (AvgIpc) is 2.43. The molecule has 0 fully saturated rings. The van der Waals surface area contributed by atoms with Gasteiger partial charge in [-0.05, 0) is 24.7 Å². The van der Waals surface area contributed by atoms with Gasteiger partial charge in [0, 0.05) is 6.42 Å². The molecular weight excluding hydrogens is 248 g/mol. The summed E-state index contributed by atoms with van der Waals surface area (Å²) in [5.41, 5.74) is 5.96. The van der Waals surface area contributed by atoms with Crippen LogP contribution in [0.25, 0.3) is 0 Å². The van der Waals surface area contributed by atoms with E-state index >= 15 is 0 Å². The van der Waals surface area contributed by atoms with E-state index in [1.54, 1.807) is 25.2 Å². The lowest BCUT2D eigenvalue weighted by Gasteiger charge is -2.14. The number of likely N-dealkylation sites (N-methyl/N-ethyl adjacent to an activating group) is 1. The maximum absolute atomic E-state index is 11.0. The fourth-order valence-electron chi connectivity index (χ4n) is 1.65. The quantitative estimate of drug-likeness (QED) is 0.618. The summed E-state index contributed by atoms with van der Waals surface area (Å²) in [5.74, 6) is 0.708. The first kappa shape index (κ1) is 15.3. The van der Waals surface area contributed by atoms with E-state index in [-0.39, 0.29) is 6.61 Å². The first-order valence-electron chi connectivity index (χ1n) is 5.99. The van der Waals surface area contributed by atoms with Crippen molar-refractivity contribution >= 4 is 5.91 Å². The lowest BCUT2D eigenvalue weighted by Crippen LogP contribution is -2.40. The number of amides is 1. The molecule has 0 aliphatic heterocycles. The van der Waals surface area contributed by atoms with Crippen molar-refractivity contribution in [1.29, 1.82) is 0 Å². The predicted molar refractivity (Wildman–Crippen MR) is 71.1 cm³/mol. The van der Waals surface area contributed by atoms with Crippen LogP contribution in [0.1, 0.15) is 12.0 Å². The summed E-state index contributed by atoms with van der Waals surface area (Å²) in [5, 5.41) is 11.9. The number of methoxy groups -OCH3 is 1. The molecule has 1 unspecified atom stereocenters. The first-order valence-corrected chi connectivity index (χ1v) is 5.99. The van der Waals surface area contributed by atoms with Crippen molar-refractivity contribution in [3.63, 3.8) is 0 Å². The fourth-order valence-corrected chi connectivity index (χ4v) is 1.65. The summed E-state index contributed by atoms with van der Waals surface area (Å²) in [7, 11) is 3.20. The normalized spacial score (nSPS) is 11.9. The summed E-state index contributed by atoms with van der Waals surface area (Å²) in [6, 6.07) is 4.77. The monoisotopic (exact) mass is 268 g/mol. The summed E-state index contributed by atoms with van der Waals surface area (Å²) in [6.07, 6.45) is 0.469. The molecule has 0 saturated carbocycles. The second kappa shape index (κ2) is 7.60. The summed E-state index contributed by atoms with van der Waals surface area (Å²) in [6.45, 7) is 0.281. The Balaban J connectivity index is 2.60. The number of benzene rings is 1. The number of hydrogen-bond acceptors (Lipinski definition) is 5. The first-order chi connectivity index (χ1) is 9.12. The smallest absolute Gasteiger partial charge is 0.234 e. The van der Waals surface area contributed by atoms with Gasteiger partial charge in [0.1, 0.15) is 0 Å². The Morgan fingerprint density at radius 3 is 2.74 bits per heavy atom. The molecule has 6 nitrogen and oxygen atoms in total. The van der Waals surface area contributed by atoms with Crippen molar-refractivity contribution in [3.8, 4) is 11.5 Å². The molecule has 1 atom stereocenters. The molecular formula is C13H20N2O4. The molecule has 0 aliphatic rings. The zero-order valence-electron chi connectivity index (χ0n) is 11.2. The Kier molecular flexibility index (Phi) is 6.11. The Morgan fingerprint density at radius 1 is 1.47 bits per heavy atom. The van der Waals surface area contributed by atoms with Crippen LogP contribution in [0.2, 0.25) is 0 Å². The Morgan fingerprint density at radius 2 is 2.21 bits per heavy atom. The van der Waals surface area contributed by atoms with Crippen LogP contribution in [-0.2, 0) is 11.4 Å². The van der Waals surface area contributed by atoms with E-state index in [1.165, 1.54) is 7.11 Å². The molecule has 0 heterocycles. The number of nitrogens with two attached hydrogens (primary N) is 1. The molecule has 1 aromatic carbocycles. The van der Waals surface area contributed by atoms with E-state index in [4.69, 9.17) is 20.3 Å². The SMILES string of the molecule is CNC(CCOc1ccc(CO)cc1OC)C(N)=O. The number of carbonyl (C=O) groups is 1. The van der Waals surface area contributed by atoms with Crippen LogP contribution in [0.4, 0.5) is 0 Å². The highest BCUT2D eigenvalue weighted by atomic mass is 16.5. The molecule has 6 heteroatoms. The van der Waals surface area contributed by atoms with E-state index in [2.05, 4.69) is 5.32 Å². The van der Waals surface area contributed by atoms with Crippen molar-refractivity contribution in [1.82, 2.24) is 5.32 Å². The summed E-state index contributed by atoms with van der Waals surface area (Å²) < 4.78 is 10.7. The van der Waals surface area contributed by atoms with Gasteiger partial charge in [-0.1, -0.05) is 6.07 Å². The standard InChI is InChI=1S/C13H20N2O4/c1-15-10(13(14)17)5-6-19-11-4-3-9(8-16)7-12(11)18-2/h3-4,7,10,15-16H,5-6,8H2,1-2H3,(H2,14,17). The van der Waals surface area contributed by atoms with Crippen LogP contribution in [0.3, 0.4) is 0 Å². The molecule has 0 aliphatic carbocycles. The highest BCUT2D eigenvalue weighted by Gasteiger charge is 2.13. The van der Waals surface area contributed by atoms with Gasteiger partial charge in [0.25, 0.3) is 0 Å². The molecule has 1 amide bonds. The molecule has 0 spiro atoms. The Hall–Kier alpha value is -1.79. The van der Waals surface area contributed by atoms with Crippen LogP contribution in [0.15, 0.2) is 18.2 Å². The number of nitrogens with one attached hydrogen (secondary N) is 1. The third kappa shape index (κ3) is 4.42. The second-order valence-electron chi connectivity index (χ2n) is 4.02. The van der Waals surface area contributed by atoms with Crippen LogP contribution >= 0.6 is 0 Å². The third-order valence-corrected chi connectivity index (χ3v) is 2.77. The topological polar surface area (TPSA) is 93.8 Å². The number of rotatable bonds is 8.